The molecule has 0 unspecified atom stereocenters. The van der Waals surface area contributed by atoms with Gasteiger partial charge in [-0.1, -0.05) is 23.7 Å². The molecule has 0 aliphatic rings. The Hall–Kier alpha value is -2.27. The average Bonchev–Trinajstić information content (AvgIpc) is 2.42. The molecule has 0 saturated heterocycles. The molecular formula is C15H11ClFNO3. The zero-order valence-corrected chi connectivity index (χ0v) is 11.9. The van der Waals surface area contributed by atoms with Crippen molar-refractivity contribution in [2.45, 2.75) is 13.3 Å². The molecule has 0 bridgehead atoms. The van der Waals surface area contributed by atoms with E-state index in [1.54, 1.807) is 13.0 Å². The summed E-state index contributed by atoms with van der Waals surface area (Å²) in [7, 11) is 0. The van der Waals surface area contributed by atoms with Crippen LogP contribution in [-0.2, 0) is 6.42 Å². The number of nitro benzene ring substituents is 1. The van der Waals surface area contributed by atoms with Gasteiger partial charge in [-0.25, -0.2) is 4.39 Å². The number of Topliss-reactive ketones (excluding diaryl/α,β-unsaturated/α-hetero) is 1. The molecule has 0 heterocycles. The molecule has 0 amide bonds. The van der Waals surface area contributed by atoms with Gasteiger partial charge in [0.05, 0.1) is 10.5 Å². The number of aryl methyl sites for hydroxylation is 1. The van der Waals surface area contributed by atoms with Gasteiger partial charge >= 0.3 is 0 Å². The predicted octanol–water partition coefficient (Wildman–Crippen LogP) is 4.12. The number of carbonyl (C=O) groups is 1. The fourth-order valence-corrected chi connectivity index (χ4v) is 2.22. The smallest absolute Gasteiger partial charge is 0.280 e. The van der Waals surface area contributed by atoms with Crippen LogP contribution in [0.15, 0.2) is 36.4 Å². The Labute approximate surface area is 125 Å². The molecule has 6 heteroatoms. The highest BCUT2D eigenvalue weighted by atomic mass is 35.5. The maximum absolute atomic E-state index is 13.7. The molecule has 0 atom stereocenters. The Bertz CT molecular complexity index is 711. The van der Waals surface area contributed by atoms with Crippen LogP contribution in [0.3, 0.4) is 0 Å². The zero-order chi connectivity index (χ0) is 15.6. The number of halogens is 2. The number of carbonyl (C=O) groups excluding carboxylic acids is 1. The summed E-state index contributed by atoms with van der Waals surface area (Å²) < 4.78 is 13.7. The van der Waals surface area contributed by atoms with Crippen molar-refractivity contribution in [3.8, 4) is 0 Å². The van der Waals surface area contributed by atoms with Gasteiger partial charge in [-0.2, -0.15) is 0 Å². The van der Waals surface area contributed by atoms with Gasteiger partial charge in [-0.15, -0.1) is 0 Å². The summed E-state index contributed by atoms with van der Waals surface area (Å²) in [5.74, 6) is -1.15. The largest absolute Gasteiger partial charge is 0.294 e. The topological polar surface area (TPSA) is 60.2 Å². The first kappa shape index (κ1) is 15.1. The molecule has 0 N–H and O–H groups in total. The molecule has 21 heavy (non-hydrogen) atoms. The van der Waals surface area contributed by atoms with Gasteiger partial charge in [-0.05, 0) is 30.7 Å². The van der Waals surface area contributed by atoms with E-state index in [1.165, 1.54) is 30.3 Å². The highest BCUT2D eigenvalue weighted by Gasteiger charge is 2.22. The van der Waals surface area contributed by atoms with Crippen LogP contribution in [0.1, 0.15) is 21.5 Å². The van der Waals surface area contributed by atoms with Crippen LogP contribution < -0.4 is 0 Å². The Balaban J connectivity index is 2.41. The molecule has 2 aromatic carbocycles. The quantitative estimate of drug-likeness (QED) is 0.485. The van der Waals surface area contributed by atoms with Crippen molar-refractivity contribution < 1.29 is 14.1 Å². The van der Waals surface area contributed by atoms with E-state index < -0.39 is 16.5 Å². The van der Waals surface area contributed by atoms with Crippen molar-refractivity contribution in [2.75, 3.05) is 0 Å². The normalized spacial score (nSPS) is 10.4. The second-order valence-electron chi connectivity index (χ2n) is 4.58. The van der Waals surface area contributed by atoms with Crippen molar-refractivity contribution in [2.24, 2.45) is 0 Å². The van der Waals surface area contributed by atoms with E-state index in [-0.39, 0.29) is 28.3 Å². The monoisotopic (exact) mass is 307 g/mol. The second-order valence-corrected chi connectivity index (χ2v) is 4.99. The van der Waals surface area contributed by atoms with E-state index in [4.69, 9.17) is 11.6 Å². The molecule has 4 nitrogen and oxygen atoms in total. The van der Waals surface area contributed by atoms with E-state index >= 15 is 0 Å². The minimum Gasteiger partial charge on any atom is -0.294 e. The van der Waals surface area contributed by atoms with Crippen LogP contribution >= 0.6 is 11.6 Å². The number of nitro groups is 1. The van der Waals surface area contributed by atoms with Crippen molar-refractivity contribution in [1.29, 1.82) is 0 Å². The Morgan fingerprint density at radius 1 is 1.33 bits per heavy atom. The molecule has 0 radical (unpaired) electrons. The van der Waals surface area contributed by atoms with Gasteiger partial charge in [0.25, 0.3) is 5.69 Å². The van der Waals surface area contributed by atoms with Gasteiger partial charge < -0.3 is 0 Å². The number of nitrogens with zero attached hydrogens (tertiary/aromatic N) is 1. The number of rotatable bonds is 4. The minimum atomic E-state index is -0.629. The summed E-state index contributed by atoms with van der Waals surface area (Å²) >= 11 is 5.87. The zero-order valence-electron chi connectivity index (χ0n) is 11.1. The summed E-state index contributed by atoms with van der Waals surface area (Å²) in [6, 6.07) is 8.34. The molecule has 2 aromatic rings. The lowest BCUT2D eigenvalue weighted by Crippen LogP contribution is -2.09. The summed E-state index contributed by atoms with van der Waals surface area (Å²) in [6.45, 7) is 1.72. The van der Waals surface area contributed by atoms with Crippen molar-refractivity contribution in [3.05, 3.63) is 74.0 Å². The third-order valence-corrected chi connectivity index (χ3v) is 3.40. The number of ketones is 1. The van der Waals surface area contributed by atoms with Crippen LogP contribution in [0.4, 0.5) is 10.1 Å². The Kier molecular flexibility index (Phi) is 4.33. The van der Waals surface area contributed by atoms with Crippen molar-refractivity contribution >= 4 is 23.1 Å². The average molecular weight is 308 g/mol. The first-order chi connectivity index (χ1) is 9.90. The highest BCUT2D eigenvalue weighted by Crippen LogP contribution is 2.25. The van der Waals surface area contributed by atoms with Crippen molar-refractivity contribution in [1.82, 2.24) is 0 Å². The standard InChI is InChI=1S/C15H11ClFNO3/c1-9-5-6-14(18(20)21)11(7-9)15(19)8-10-12(16)3-2-4-13(10)17/h2-7H,8H2,1H3. The molecule has 108 valence electrons. The molecule has 2 rings (SSSR count). The molecule has 0 saturated carbocycles. The molecule has 0 aliphatic carbocycles. The van der Waals surface area contributed by atoms with Crippen LogP contribution in [0.25, 0.3) is 0 Å². The third kappa shape index (κ3) is 3.25. The first-order valence-electron chi connectivity index (χ1n) is 6.11. The lowest BCUT2D eigenvalue weighted by molar-refractivity contribution is -0.385. The summed E-state index contributed by atoms with van der Waals surface area (Å²) in [5, 5.41) is 11.1. The highest BCUT2D eigenvalue weighted by molar-refractivity contribution is 6.31. The number of benzene rings is 2. The van der Waals surface area contributed by atoms with Gasteiger partial charge in [0.15, 0.2) is 5.78 Å². The first-order valence-corrected chi connectivity index (χ1v) is 6.49. The van der Waals surface area contributed by atoms with Crippen LogP contribution in [0.2, 0.25) is 5.02 Å². The summed E-state index contributed by atoms with van der Waals surface area (Å²) in [5.41, 5.74) is 0.418. The van der Waals surface area contributed by atoms with E-state index in [0.29, 0.717) is 5.56 Å². The van der Waals surface area contributed by atoms with Crippen LogP contribution in [0, 0.1) is 22.9 Å². The lowest BCUT2D eigenvalue weighted by Gasteiger charge is -2.06. The SMILES string of the molecule is Cc1ccc([N+](=O)[O-])c(C(=O)Cc2c(F)cccc2Cl)c1. The molecular weight excluding hydrogens is 297 g/mol. The van der Waals surface area contributed by atoms with Crippen molar-refractivity contribution in [3.63, 3.8) is 0 Å². The fourth-order valence-electron chi connectivity index (χ4n) is 1.99. The van der Waals surface area contributed by atoms with E-state index in [1.807, 2.05) is 0 Å². The number of hydrogen-bond acceptors (Lipinski definition) is 3. The Morgan fingerprint density at radius 3 is 2.67 bits per heavy atom. The second kappa shape index (κ2) is 6.01. The third-order valence-electron chi connectivity index (χ3n) is 3.05. The fraction of sp³-hybridized carbons (Fsp3) is 0.133. The summed E-state index contributed by atoms with van der Waals surface area (Å²) in [4.78, 5) is 22.6. The molecule has 0 spiro atoms. The van der Waals surface area contributed by atoms with Crippen LogP contribution in [-0.4, -0.2) is 10.7 Å². The molecule has 0 aliphatic heterocycles. The molecule has 0 fully saturated rings. The van der Waals surface area contributed by atoms with Gasteiger partial charge in [0, 0.05) is 23.1 Å². The number of hydrogen-bond donors (Lipinski definition) is 0. The maximum atomic E-state index is 13.7. The summed E-state index contributed by atoms with van der Waals surface area (Å²) in [6.07, 6.45) is -0.324. The predicted molar refractivity (Wildman–Crippen MR) is 77.3 cm³/mol. The van der Waals surface area contributed by atoms with Gasteiger partial charge in [0.1, 0.15) is 5.82 Å². The van der Waals surface area contributed by atoms with E-state index in [2.05, 4.69) is 0 Å². The van der Waals surface area contributed by atoms with E-state index in [0.717, 1.165) is 0 Å². The minimum absolute atomic E-state index is 0.0416. The lowest BCUT2D eigenvalue weighted by atomic mass is 9.99. The van der Waals surface area contributed by atoms with E-state index in [9.17, 15) is 19.3 Å². The maximum Gasteiger partial charge on any atom is 0.280 e. The van der Waals surface area contributed by atoms with Gasteiger partial charge in [-0.3, -0.25) is 14.9 Å². The molecule has 0 aromatic heterocycles. The Morgan fingerprint density at radius 2 is 2.05 bits per heavy atom. The van der Waals surface area contributed by atoms with Gasteiger partial charge in [0.2, 0.25) is 0 Å². The van der Waals surface area contributed by atoms with Crippen LogP contribution in [0.5, 0.6) is 0 Å².